The van der Waals surface area contributed by atoms with Gasteiger partial charge in [0, 0.05) is 6.54 Å². The van der Waals surface area contributed by atoms with Gasteiger partial charge in [0.15, 0.2) is 0 Å². The molecule has 0 saturated carbocycles. The van der Waals surface area contributed by atoms with Crippen LogP contribution in [0.3, 0.4) is 0 Å². The second kappa shape index (κ2) is 7.00. The summed E-state index contributed by atoms with van der Waals surface area (Å²) in [5.41, 5.74) is 4.99. The van der Waals surface area contributed by atoms with Gasteiger partial charge in [-0.15, -0.1) is 0 Å². The molecule has 1 atom stereocenters. The van der Waals surface area contributed by atoms with Gasteiger partial charge in [-0.2, -0.15) is 12.7 Å². The molecule has 0 aromatic rings. The van der Waals surface area contributed by atoms with Crippen molar-refractivity contribution in [2.45, 2.75) is 24.1 Å². The van der Waals surface area contributed by atoms with Gasteiger partial charge < -0.3 is 5.73 Å². The summed E-state index contributed by atoms with van der Waals surface area (Å²) in [5.74, 6) is -0.0661. The molecule has 0 spiro atoms. The van der Waals surface area contributed by atoms with E-state index in [1.165, 1.54) is 0 Å². The number of carbonyl (C=O) groups excluding carboxylic acids is 1. The molecular formula is C8H15Cl3N2O4S. The number of amides is 2. The van der Waals surface area contributed by atoms with Crippen molar-refractivity contribution in [1.29, 1.82) is 0 Å². The first-order valence-electron chi connectivity index (χ1n) is 5.03. The van der Waals surface area contributed by atoms with Crippen molar-refractivity contribution in [3.05, 3.63) is 0 Å². The predicted molar refractivity (Wildman–Crippen MR) is 70.9 cm³/mol. The third kappa shape index (κ3) is 6.84. The molecule has 0 aromatic carbocycles. The fraction of sp³-hybridized carbons (Fsp3) is 0.875. The van der Waals surface area contributed by atoms with E-state index in [0.29, 0.717) is 10.7 Å². The number of primary amides is 1. The van der Waals surface area contributed by atoms with Gasteiger partial charge in [-0.05, 0) is 5.92 Å². The minimum absolute atomic E-state index is 0.0661. The van der Waals surface area contributed by atoms with Crippen molar-refractivity contribution in [2.75, 3.05) is 13.2 Å². The summed E-state index contributed by atoms with van der Waals surface area (Å²) < 4.78 is 26.4. The Bertz CT molecular complexity index is 382. The molecule has 0 aliphatic carbocycles. The number of hydrogen-bond acceptors (Lipinski definition) is 4. The first kappa shape index (κ1) is 18.0. The lowest BCUT2D eigenvalue weighted by Gasteiger charge is -2.23. The Morgan fingerprint density at radius 2 is 1.94 bits per heavy atom. The van der Waals surface area contributed by atoms with Crippen LogP contribution in [0.2, 0.25) is 0 Å². The van der Waals surface area contributed by atoms with Crippen molar-refractivity contribution in [3.63, 3.8) is 0 Å². The topological polar surface area (TPSA) is 89.7 Å². The zero-order chi connectivity index (χ0) is 14.6. The van der Waals surface area contributed by atoms with Gasteiger partial charge in [0.05, 0.1) is 0 Å². The Morgan fingerprint density at radius 3 is 2.28 bits per heavy atom. The van der Waals surface area contributed by atoms with Crippen molar-refractivity contribution >= 4 is 51.1 Å². The fourth-order valence-corrected chi connectivity index (χ4v) is 2.38. The van der Waals surface area contributed by atoms with Gasteiger partial charge in [0.25, 0.3) is 0 Å². The lowest BCUT2D eigenvalue weighted by Crippen LogP contribution is -2.44. The number of alkyl halides is 3. The molecule has 18 heavy (non-hydrogen) atoms. The molecule has 2 N–H and O–H groups in total. The lowest BCUT2D eigenvalue weighted by molar-refractivity contribution is 0.215. The Hall–Kier alpha value is 0.0500. The highest BCUT2D eigenvalue weighted by atomic mass is 35.6. The quantitative estimate of drug-likeness (QED) is 0.749. The van der Waals surface area contributed by atoms with Crippen molar-refractivity contribution < 1.29 is 17.4 Å². The average Bonchev–Trinajstić information content (AvgIpc) is 2.21. The molecular weight excluding hydrogens is 327 g/mol. The van der Waals surface area contributed by atoms with Gasteiger partial charge in [0.2, 0.25) is 3.79 Å². The molecule has 108 valence electrons. The Labute approximate surface area is 122 Å². The van der Waals surface area contributed by atoms with Crippen molar-refractivity contribution in [2.24, 2.45) is 11.7 Å². The fourth-order valence-electron chi connectivity index (χ4n) is 0.909. The minimum Gasteiger partial charge on any atom is -0.351 e. The summed E-state index contributed by atoms with van der Waals surface area (Å²) >= 11 is 16.1. The van der Waals surface area contributed by atoms with E-state index in [9.17, 15) is 13.2 Å². The molecule has 0 aliphatic heterocycles. The van der Waals surface area contributed by atoms with Crippen LogP contribution >= 0.6 is 34.8 Å². The third-order valence-corrected chi connectivity index (χ3v) is 3.67. The summed E-state index contributed by atoms with van der Waals surface area (Å²) in [4.78, 5) is 11.1. The van der Waals surface area contributed by atoms with Crippen LogP contribution in [-0.2, 0) is 14.5 Å². The van der Waals surface area contributed by atoms with Gasteiger partial charge in [0.1, 0.15) is 6.61 Å². The van der Waals surface area contributed by atoms with Gasteiger partial charge in [-0.25, -0.2) is 8.98 Å². The highest BCUT2D eigenvalue weighted by Crippen LogP contribution is 2.27. The predicted octanol–water partition coefficient (Wildman–Crippen LogP) is 2.04. The van der Waals surface area contributed by atoms with E-state index < -0.39 is 26.7 Å². The molecule has 0 saturated heterocycles. The molecule has 0 fully saturated rings. The van der Waals surface area contributed by atoms with Gasteiger partial charge in [-0.1, -0.05) is 55.1 Å². The van der Waals surface area contributed by atoms with Crippen LogP contribution in [0.15, 0.2) is 0 Å². The molecule has 0 rings (SSSR count). The van der Waals surface area contributed by atoms with E-state index in [1.54, 1.807) is 6.92 Å². The van der Waals surface area contributed by atoms with Crippen LogP contribution in [0.25, 0.3) is 0 Å². The third-order valence-electron chi connectivity index (χ3n) is 2.06. The first-order chi connectivity index (χ1) is 7.99. The standard InChI is InChI=1S/C8H15Cl3N2O4S/c1-3-6(2)4-13(7(12)14)18(15,16)17-5-8(9,10)11/h6H,3-5H2,1-2H3,(H2,12,14)/t6-/m1/s1. The Morgan fingerprint density at radius 1 is 1.44 bits per heavy atom. The minimum atomic E-state index is -4.35. The summed E-state index contributed by atoms with van der Waals surface area (Å²) in [6, 6.07) is -1.14. The van der Waals surface area contributed by atoms with E-state index in [4.69, 9.17) is 40.5 Å². The van der Waals surface area contributed by atoms with Crippen LogP contribution in [0.4, 0.5) is 4.79 Å². The second-order valence-electron chi connectivity index (χ2n) is 3.72. The molecule has 6 nitrogen and oxygen atoms in total. The maximum absolute atomic E-state index is 11.7. The van der Waals surface area contributed by atoms with Gasteiger partial charge in [-0.3, -0.25) is 0 Å². The summed E-state index contributed by atoms with van der Waals surface area (Å²) in [6.07, 6.45) is 0.670. The maximum Gasteiger partial charge on any atom is 0.366 e. The number of halogens is 3. The number of nitrogens with zero attached hydrogens (tertiary/aromatic N) is 1. The zero-order valence-corrected chi connectivity index (χ0v) is 13.0. The van der Waals surface area contributed by atoms with E-state index >= 15 is 0 Å². The summed E-state index contributed by atoms with van der Waals surface area (Å²) in [5, 5.41) is 0. The largest absolute Gasteiger partial charge is 0.366 e. The number of urea groups is 1. The molecule has 0 aromatic heterocycles. The van der Waals surface area contributed by atoms with Crippen LogP contribution in [0, 0.1) is 5.92 Å². The SMILES string of the molecule is CC[C@@H](C)CN(C(N)=O)S(=O)(=O)OCC(Cl)(Cl)Cl. The summed E-state index contributed by atoms with van der Waals surface area (Å²) in [6.45, 7) is 2.82. The normalized spacial score (nSPS) is 14.3. The number of carbonyl (C=O) groups is 1. The molecule has 0 unspecified atom stereocenters. The van der Waals surface area contributed by atoms with Crippen LogP contribution in [-0.4, -0.2) is 35.7 Å². The van der Waals surface area contributed by atoms with E-state index in [1.807, 2.05) is 6.92 Å². The van der Waals surface area contributed by atoms with Crippen molar-refractivity contribution in [3.8, 4) is 0 Å². The zero-order valence-electron chi connectivity index (χ0n) is 9.90. The first-order valence-corrected chi connectivity index (χ1v) is 7.52. The van der Waals surface area contributed by atoms with Crippen LogP contribution < -0.4 is 5.73 Å². The maximum atomic E-state index is 11.7. The Kier molecular flexibility index (Phi) is 7.02. The Balaban J connectivity index is 4.84. The van der Waals surface area contributed by atoms with E-state index in [-0.39, 0.29) is 12.5 Å². The average molecular weight is 342 g/mol. The molecule has 0 aliphatic rings. The highest BCUT2D eigenvalue weighted by Gasteiger charge is 2.31. The molecule has 2 amide bonds. The van der Waals surface area contributed by atoms with Gasteiger partial charge >= 0.3 is 16.3 Å². The van der Waals surface area contributed by atoms with E-state index in [2.05, 4.69) is 4.18 Å². The smallest absolute Gasteiger partial charge is 0.351 e. The highest BCUT2D eigenvalue weighted by molar-refractivity contribution is 7.84. The summed E-state index contributed by atoms with van der Waals surface area (Å²) in [7, 11) is -4.35. The molecule has 0 bridgehead atoms. The van der Waals surface area contributed by atoms with Crippen LogP contribution in [0.1, 0.15) is 20.3 Å². The molecule has 0 radical (unpaired) electrons. The number of hydrogen-bond donors (Lipinski definition) is 1. The molecule has 10 heteroatoms. The van der Waals surface area contributed by atoms with Crippen LogP contribution in [0.5, 0.6) is 0 Å². The van der Waals surface area contributed by atoms with E-state index in [0.717, 1.165) is 0 Å². The monoisotopic (exact) mass is 340 g/mol. The molecule has 0 heterocycles. The second-order valence-corrected chi connectivity index (χ2v) is 7.77. The number of rotatable bonds is 6. The van der Waals surface area contributed by atoms with Crippen molar-refractivity contribution in [1.82, 2.24) is 4.31 Å². The lowest BCUT2D eigenvalue weighted by atomic mass is 10.1. The number of nitrogens with two attached hydrogens (primary N) is 1.